The second-order valence-electron chi connectivity index (χ2n) is 4.00. The molecule has 0 saturated heterocycles. The monoisotopic (exact) mass is 209 g/mol. The highest BCUT2D eigenvalue weighted by Crippen LogP contribution is 2.25. The first-order valence-electron chi connectivity index (χ1n) is 5.32. The third kappa shape index (κ3) is 2.52. The molecule has 1 heterocycles. The number of rotatable bonds is 4. The summed E-state index contributed by atoms with van der Waals surface area (Å²) in [5, 5.41) is 11.8. The summed E-state index contributed by atoms with van der Waals surface area (Å²) < 4.78 is 5.09. The molecule has 4 nitrogen and oxygen atoms in total. The van der Waals surface area contributed by atoms with Gasteiger partial charge in [0.25, 0.3) is 0 Å². The van der Waals surface area contributed by atoms with Crippen LogP contribution in [0, 0.1) is 5.92 Å². The summed E-state index contributed by atoms with van der Waals surface area (Å²) in [6.07, 6.45) is 5.15. The number of hydrogen-bond donors (Lipinski definition) is 2. The lowest BCUT2D eigenvalue weighted by Crippen LogP contribution is -2.10. The molecule has 2 N–H and O–H groups in total. The van der Waals surface area contributed by atoms with Crippen LogP contribution in [0.3, 0.4) is 0 Å². The van der Waals surface area contributed by atoms with Crippen molar-refractivity contribution in [3.05, 3.63) is 17.9 Å². The zero-order chi connectivity index (χ0) is 10.7. The molecule has 0 aliphatic heterocycles. The molecule has 0 unspecified atom stereocenters. The molecule has 4 heteroatoms. The largest absolute Gasteiger partial charge is 0.475 e. The number of carbonyl (C=O) groups is 1. The van der Waals surface area contributed by atoms with Gasteiger partial charge in [-0.15, -0.1) is 0 Å². The van der Waals surface area contributed by atoms with Crippen LogP contribution in [-0.4, -0.2) is 17.6 Å². The van der Waals surface area contributed by atoms with Gasteiger partial charge < -0.3 is 14.8 Å². The van der Waals surface area contributed by atoms with Crippen molar-refractivity contribution >= 4 is 11.9 Å². The van der Waals surface area contributed by atoms with Crippen molar-refractivity contribution in [2.24, 2.45) is 5.92 Å². The molecule has 82 valence electrons. The van der Waals surface area contributed by atoms with E-state index in [4.69, 9.17) is 9.52 Å². The first-order valence-corrected chi connectivity index (χ1v) is 5.32. The van der Waals surface area contributed by atoms with Crippen molar-refractivity contribution in [2.45, 2.75) is 25.7 Å². The summed E-state index contributed by atoms with van der Waals surface area (Å²) >= 11 is 0. The van der Waals surface area contributed by atoms with E-state index in [2.05, 4.69) is 5.32 Å². The fourth-order valence-corrected chi connectivity index (χ4v) is 2.01. The van der Waals surface area contributed by atoms with E-state index in [9.17, 15) is 4.79 Å². The summed E-state index contributed by atoms with van der Waals surface area (Å²) in [5.74, 6) is 0.232. The van der Waals surface area contributed by atoms with E-state index in [1.165, 1.54) is 31.7 Å². The van der Waals surface area contributed by atoms with Gasteiger partial charge in [0, 0.05) is 12.6 Å². The molecule has 1 aromatic rings. The molecule has 0 spiro atoms. The quantitative estimate of drug-likeness (QED) is 0.800. The zero-order valence-corrected chi connectivity index (χ0v) is 8.53. The van der Waals surface area contributed by atoms with Crippen molar-refractivity contribution in [1.29, 1.82) is 0 Å². The number of furan rings is 1. The first kappa shape index (κ1) is 10.1. The van der Waals surface area contributed by atoms with Crippen molar-refractivity contribution in [2.75, 3.05) is 11.9 Å². The summed E-state index contributed by atoms with van der Waals surface area (Å²) in [6.45, 7) is 0.882. The zero-order valence-electron chi connectivity index (χ0n) is 8.53. The standard InChI is InChI=1S/C11H15NO3/c13-11(14)9-5-6-10(15-9)12-7-8-3-1-2-4-8/h5-6,8,12H,1-4,7H2,(H,13,14). The predicted octanol–water partition coefficient (Wildman–Crippen LogP) is 2.58. The van der Waals surface area contributed by atoms with Gasteiger partial charge in [-0.1, -0.05) is 12.8 Å². The van der Waals surface area contributed by atoms with Crippen molar-refractivity contribution < 1.29 is 14.3 Å². The number of carboxylic acids is 1. The van der Waals surface area contributed by atoms with Gasteiger partial charge in [-0.05, 0) is 24.8 Å². The Morgan fingerprint density at radius 3 is 2.80 bits per heavy atom. The number of nitrogens with one attached hydrogen (secondary N) is 1. The molecule has 1 aliphatic rings. The highest BCUT2D eigenvalue weighted by Gasteiger charge is 2.15. The predicted molar refractivity (Wildman–Crippen MR) is 56.1 cm³/mol. The van der Waals surface area contributed by atoms with E-state index in [0.717, 1.165) is 6.54 Å². The Kier molecular flexibility index (Phi) is 2.94. The van der Waals surface area contributed by atoms with E-state index >= 15 is 0 Å². The van der Waals surface area contributed by atoms with E-state index in [-0.39, 0.29) is 5.76 Å². The molecule has 1 fully saturated rings. The number of aromatic carboxylic acids is 1. The fraction of sp³-hybridized carbons (Fsp3) is 0.545. The molecular weight excluding hydrogens is 194 g/mol. The Hall–Kier alpha value is -1.45. The topological polar surface area (TPSA) is 62.5 Å². The Balaban J connectivity index is 1.84. The van der Waals surface area contributed by atoms with E-state index in [0.29, 0.717) is 11.8 Å². The number of anilines is 1. The Labute approximate surface area is 88.3 Å². The highest BCUT2D eigenvalue weighted by molar-refractivity contribution is 5.84. The smallest absolute Gasteiger partial charge is 0.371 e. The lowest BCUT2D eigenvalue weighted by molar-refractivity contribution is 0.0663. The first-order chi connectivity index (χ1) is 7.25. The van der Waals surface area contributed by atoms with Crippen molar-refractivity contribution in [3.8, 4) is 0 Å². The summed E-state index contributed by atoms with van der Waals surface area (Å²) in [6, 6.07) is 3.14. The van der Waals surface area contributed by atoms with Gasteiger partial charge in [-0.2, -0.15) is 0 Å². The molecule has 0 amide bonds. The van der Waals surface area contributed by atoms with Gasteiger partial charge in [0.2, 0.25) is 5.76 Å². The van der Waals surface area contributed by atoms with Gasteiger partial charge in [-0.3, -0.25) is 0 Å². The van der Waals surface area contributed by atoms with Crippen LogP contribution >= 0.6 is 0 Å². The Bertz CT molecular complexity index is 339. The normalized spacial score (nSPS) is 16.8. The summed E-state index contributed by atoms with van der Waals surface area (Å²) in [4.78, 5) is 10.6. The molecule has 0 bridgehead atoms. The minimum atomic E-state index is -1.02. The lowest BCUT2D eigenvalue weighted by atomic mass is 10.1. The molecule has 2 rings (SSSR count). The average molecular weight is 209 g/mol. The van der Waals surface area contributed by atoms with Crippen LogP contribution in [0.5, 0.6) is 0 Å². The van der Waals surface area contributed by atoms with E-state index < -0.39 is 5.97 Å². The molecular formula is C11H15NO3. The molecule has 0 radical (unpaired) electrons. The van der Waals surface area contributed by atoms with Crippen LogP contribution in [0.1, 0.15) is 36.2 Å². The number of hydrogen-bond acceptors (Lipinski definition) is 3. The van der Waals surface area contributed by atoms with Gasteiger partial charge in [0.15, 0.2) is 5.88 Å². The van der Waals surface area contributed by atoms with Gasteiger partial charge >= 0.3 is 5.97 Å². The van der Waals surface area contributed by atoms with Gasteiger partial charge in [0.05, 0.1) is 0 Å². The summed E-state index contributed by atoms with van der Waals surface area (Å²) in [5.41, 5.74) is 0. The van der Waals surface area contributed by atoms with Crippen LogP contribution in [0.25, 0.3) is 0 Å². The van der Waals surface area contributed by atoms with Crippen LogP contribution in [0.15, 0.2) is 16.5 Å². The van der Waals surface area contributed by atoms with Crippen LogP contribution in [-0.2, 0) is 0 Å². The number of carboxylic acid groups (broad SMARTS) is 1. The summed E-state index contributed by atoms with van der Waals surface area (Å²) in [7, 11) is 0. The SMILES string of the molecule is O=C(O)c1ccc(NCC2CCCC2)o1. The molecule has 0 aromatic carbocycles. The van der Waals surface area contributed by atoms with E-state index in [1.807, 2.05) is 0 Å². The third-order valence-electron chi connectivity index (χ3n) is 2.86. The third-order valence-corrected chi connectivity index (χ3v) is 2.86. The maximum atomic E-state index is 10.6. The maximum Gasteiger partial charge on any atom is 0.371 e. The molecule has 1 saturated carbocycles. The average Bonchev–Trinajstić information content (AvgIpc) is 2.86. The molecule has 15 heavy (non-hydrogen) atoms. The van der Waals surface area contributed by atoms with Crippen molar-refractivity contribution in [1.82, 2.24) is 0 Å². The highest BCUT2D eigenvalue weighted by atomic mass is 16.4. The fourth-order valence-electron chi connectivity index (χ4n) is 2.01. The molecule has 1 aromatic heterocycles. The lowest BCUT2D eigenvalue weighted by Gasteiger charge is -2.08. The van der Waals surface area contributed by atoms with Crippen LogP contribution < -0.4 is 5.32 Å². The minimum absolute atomic E-state index is 0.0103. The second-order valence-corrected chi connectivity index (χ2v) is 4.00. The second kappa shape index (κ2) is 4.38. The van der Waals surface area contributed by atoms with Crippen molar-refractivity contribution in [3.63, 3.8) is 0 Å². The van der Waals surface area contributed by atoms with Crippen LogP contribution in [0.2, 0.25) is 0 Å². The Morgan fingerprint density at radius 1 is 1.47 bits per heavy atom. The van der Waals surface area contributed by atoms with E-state index in [1.54, 1.807) is 6.07 Å². The Morgan fingerprint density at radius 2 is 2.20 bits per heavy atom. The van der Waals surface area contributed by atoms with Gasteiger partial charge in [0.1, 0.15) is 0 Å². The minimum Gasteiger partial charge on any atom is -0.475 e. The molecule has 1 aliphatic carbocycles. The molecule has 0 atom stereocenters. The van der Waals surface area contributed by atoms with Crippen LogP contribution in [0.4, 0.5) is 5.88 Å². The van der Waals surface area contributed by atoms with Gasteiger partial charge in [-0.25, -0.2) is 4.79 Å². The maximum absolute atomic E-state index is 10.6.